The molecule has 0 bridgehead atoms. The number of nitrogens with zero attached hydrogens (tertiary/aromatic N) is 5. The van der Waals surface area contributed by atoms with Crippen molar-refractivity contribution >= 4 is 28.9 Å². The highest BCUT2D eigenvalue weighted by molar-refractivity contribution is 8.14. The van der Waals surface area contributed by atoms with Crippen LogP contribution in [0, 0.1) is 0 Å². The van der Waals surface area contributed by atoms with E-state index < -0.39 is 0 Å². The zero-order chi connectivity index (χ0) is 16.1. The summed E-state index contributed by atoms with van der Waals surface area (Å²) in [5.74, 6) is 1.06. The number of thioether (sulfide) groups is 1. The first-order chi connectivity index (χ1) is 11.2. The number of carbonyl (C=O) groups is 2. The van der Waals surface area contributed by atoms with Crippen molar-refractivity contribution in [3.63, 3.8) is 0 Å². The van der Waals surface area contributed by atoms with Crippen LogP contribution < -0.4 is 4.90 Å². The molecular formula is C15H21N5O2S. The molecule has 8 heteroatoms. The molecule has 23 heavy (non-hydrogen) atoms. The number of piperazine rings is 1. The van der Waals surface area contributed by atoms with E-state index in [1.165, 1.54) is 4.90 Å². The lowest BCUT2D eigenvalue weighted by Crippen LogP contribution is -2.47. The van der Waals surface area contributed by atoms with E-state index >= 15 is 0 Å². The SMILES string of the molecule is O=C1CSC(=O)N1CCCCN1CCN(c2ncccn2)CC1. The Morgan fingerprint density at radius 2 is 1.70 bits per heavy atom. The zero-order valence-electron chi connectivity index (χ0n) is 13.1. The van der Waals surface area contributed by atoms with E-state index in [1.807, 2.05) is 6.07 Å². The van der Waals surface area contributed by atoms with Crippen molar-refractivity contribution in [1.82, 2.24) is 19.8 Å². The van der Waals surface area contributed by atoms with Gasteiger partial charge in [0, 0.05) is 45.1 Å². The summed E-state index contributed by atoms with van der Waals surface area (Å²) >= 11 is 1.11. The highest BCUT2D eigenvalue weighted by atomic mass is 32.2. The Morgan fingerprint density at radius 1 is 1.00 bits per heavy atom. The maximum absolute atomic E-state index is 11.5. The van der Waals surface area contributed by atoms with Crippen LogP contribution in [-0.4, -0.2) is 75.9 Å². The van der Waals surface area contributed by atoms with Gasteiger partial charge in [-0.25, -0.2) is 9.97 Å². The summed E-state index contributed by atoms with van der Waals surface area (Å²) in [7, 11) is 0. The monoisotopic (exact) mass is 335 g/mol. The molecule has 124 valence electrons. The van der Waals surface area contributed by atoms with Gasteiger partial charge in [0.25, 0.3) is 5.24 Å². The Morgan fingerprint density at radius 3 is 2.35 bits per heavy atom. The van der Waals surface area contributed by atoms with E-state index in [0.29, 0.717) is 12.3 Å². The lowest BCUT2D eigenvalue weighted by molar-refractivity contribution is -0.124. The zero-order valence-corrected chi connectivity index (χ0v) is 13.9. The predicted octanol–water partition coefficient (Wildman–Crippen LogP) is 1.07. The highest BCUT2D eigenvalue weighted by Gasteiger charge is 2.29. The Balaban J connectivity index is 1.33. The summed E-state index contributed by atoms with van der Waals surface area (Å²) < 4.78 is 0. The summed E-state index contributed by atoms with van der Waals surface area (Å²) in [5.41, 5.74) is 0. The fraction of sp³-hybridized carbons (Fsp3) is 0.600. The molecular weight excluding hydrogens is 314 g/mol. The van der Waals surface area contributed by atoms with Gasteiger partial charge in [-0.05, 0) is 25.5 Å². The molecule has 3 heterocycles. The van der Waals surface area contributed by atoms with Crippen molar-refractivity contribution in [1.29, 1.82) is 0 Å². The minimum absolute atomic E-state index is 0.0449. The number of hydrogen-bond donors (Lipinski definition) is 0. The molecule has 2 amide bonds. The molecule has 7 nitrogen and oxygen atoms in total. The van der Waals surface area contributed by atoms with Crippen molar-refractivity contribution in [2.24, 2.45) is 0 Å². The van der Waals surface area contributed by atoms with Gasteiger partial charge in [0.1, 0.15) is 0 Å². The molecule has 0 atom stereocenters. The van der Waals surface area contributed by atoms with Gasteiger partial charge in [-0.15, -0.1) is 0 Å². The molecule has 0 unspecified atom stereocenters. The fourth-order valence-corrected chi connectivity index (χ4v) is 3.58. The maximum Gasteiger partial charge on any atom is 0.288 e. The first-order valence-corrected chi connectivity index (χ1v) is 8.94. The van der Waals surface area contributed by atoms with Crippen LogP contribution in [0.15, 0.2) is 18.5 Å². The van der Waals surface area contributed by atoms with Crippen molar-refractivity contribution in [2.45, 2.75) is 12.8 Å². The lowest BCUT2D eigenvalue weighted by atomic mass is 10.2. The summed E-state index contributed by atoms with van der Waals surface area (Å²) in [5, 5.41) is -0.0912. The van der Waals surface area contributed by atoms with E-state index in [2.05, 4.69) is 19.8 Å². The average molecular weight is 335 g/mol. The minimum atomic E-state index is -0.0912. The van der Waals surface area contributed by atoms with Crippen LogP contribution in [0.4, 0.5) is 10.7 Å². The largest absolute Gasteiger partial charge is 0.338 e. The van der Waals surface area contributed by atoms with Crippen LogP contribution in [0.3, 0.4) is 0 Å². The maximum atomic E-state index is 11.5. The molecule has 2 fully saturated rings. The molecule has 0 aliphatic carbocycles. The molecule has 0 radical (unpaired) electrons. The Hall–Kier alpha value is -1.67. The second kappa shape index (κ2) is 7.74. The van der Waals surface area contributed by atoms with Gasteiger partial charge in [0.15, 0.2) is 0 Å². The van der Waals surface area contributed by atoms with Gasteiger partial charge in [-0.2, -0.15) is 0 Å². The lowest BCUT2D eigenvalue weighted by Gasteiger charge is -2.34. The summed E-state index contributed by atoms with van der Waals surface area (Å²) in [4.78, 5) is 37.6. The number of imide groups is 1. The van der Waals surface area contributed by atoms with E-state index in [1.54, 1.807) is 12.4 Å². The molecule has 2 aliphatic heterocycles. The van der Waals surface area contributed by atoms with Crippen LogP contribution in [-0.2, 0) is 4.79 Å². The number of anilines is 1. The molecule has 2 aliphatic rings. The Kier molecular flexibility index (Phi) is 5.45. The van der Waals surface area contributed by atoms with Crippen LogP contribution in [0.1, 0.15) is 12.8 Å². The minimum Gasteiger partial charge on any atom is -0.338 e. The third-order valence-corrected chi connectivity index (χ3v) is 5.01. The van der Waals surface area contributed by atoms with E-state index in [9.17, 15) is 9.59 Å². The van der Waals surface area contributed by atoms with Crippen molar-refractivity contribution in [2.75, 3.05) is 49.9 Å². The second-order valence-corrected chi connectivity index (χ2v) is 6.61. The van der Waals surface area contributed by atoms with E-state index in [-0.39, 0.29) is 11.1 Å². The van der Waals surface area contributed by atoms with Crippen molar-refractivity contribution in [3.8, 4) is 0 Å². The van der Waals surface area contributed by atoms with Gasteiger partial charge >= 0.3 is 0 Å². The first-order valence-electron chi connectivity index (χ1n) is 7.95. The van der Waals surface area contributed by atoms with Crippen LogP contribution in [0.25, 0.3) is 0 Å². The Bertz CT molecular complexity index is 532. The summed E-state index contributed by atoms with van der Waals surface area (Å²) in [6.07, 6.45) is 5.42. The normalized spacial score (nSPS) is 19.7. The molecule has 1 aromatic rings. The molecule has 0 aromatic carbocycles. The van der Waals surface area contributed by atoms with Crippen LogP contribution in [0.5, 0.6) is 0 Å². The summed E-state index contributed by atoms with van der Waals surface area (Å²) in [6.45, 7) is 5.42. The molecule has 2 saturated heterocycles. The van der Waals surface area contributed by atoms with Crippen molar-refractivity contribution < 1.29 is 9.59 Å². The molecule has 1 aromatic heterocycles. The van der Waals surface area contributed by atoms with E-state index in [0.717, 1.165) is 63.3 Å². The number of unbranched alkanes of at least 4 members (excludes halogenated alkanes) is 1. The van der Waals surface area contributed by atoms with Crippen LogP contribution in [0.2, 0.25) is 0 Å². The highest BCUT2D eigenvalue weighted by Crippen LogP contribution is 2.19. The smallest absolute Gasteiger partial charge is 0.288 e. The average Bonchev–Trinajstić information content (AvgIpc) is 2.92. The predicted molar refractivity (Wildman–Crippen MR) is 89.5 cm³/mol. The van der Waals surface area contributed by atoms with Gasteiger partial charge in [0.2, 0.25) is 11.9 Å². The number of aromatic nitrogens is 2. The van der Waals surface area contributed by atoms with Gasteiger partial charge in [-0.3, -0.25) is 19.4 Å². The van der Waals surface area contributed by atoms with Gasteiger partial charge in [0.05, 0.1) is 5.75 Å². The molecule has 3 rings (SSSR count). The quantitative estimate of drug-likeness (QED) is 0.720. The number of amides is 2. The van der Waals surface area contributed by atoms with Crippen LogP contribution >= 0.6 is 11.8 Å². The molecule has 0 saturated carbocycles. The number of carbonyl (C=O) groups excluding carboxylic acids is 2. The molecule has 0 spiro atoms. The standard InChI is InChI=1S/C15H21N5O2S/c21-13-12-23-15(22)20(13)7-2-1-6-18-8-10-19(11-9-18)14-16-4-3-5-17-14/h3-5H,1-2,6-12H2. The first kappa shape index (κ1) is 16.2. The number of hydrogen-bond acceptors (Lipinski definition) is 7. The Labute approximate surface area is 140 Å². The second-order valence-electron chi connectivity index (χ2n) is 5.68. The topological polar surface area (TPSA) is 69.6 Å². The van der Waals surface area contributed by atoms with Gasteiger partial charge in [-0.1, -0.05) is 11.8 Å². The molecule has 0 N–H and O–H groups in total. The van der Waals surface area contributed by atoms with E-state index in [4.69, 9.17) is 0 Å². The van der Waals surface area contributed by atoms with Gasteiger partial charge < -0.3 is 4.90 Å². The summed E-state index contributed by atoms with van der Waals surface area (Å²) in [6, 6.07) is 1.83. The third-order valence-electron chi connectivity index (χ3n) is 4.15. The van der Waals surface area contributed by atoms with Crippen molar-refractivity contribution in [3.05, 3.63) is 18.5 Å². The third kappa shape index (κ3) is 4.20. The number of rotatable bonds is 6. The fourth-order valence-electron chi connectivity index (χ4n) is 2.83.